The molecule has 6 heteroatoms. The van der Waals surface area contributed by atoms with E-state index in [1.165, 1.54) is 44.9 Å². The molecule has 0 aromatic heterocycles. The number of nitrogens with one attached hydrogen (secondary N) is 1. The van der Waals surface area contributed by atoms with Gasteiger partial charge in [0, 0.05) is 29.0 Å². The van der Waals surface area contributed by atoms with Crippen LogP contribution in [0.3, 0.4) is 0 Å². The second kappa shape index (κ2) is 15.1. The quantitative estimate of drug-likeness (QED) is 0.300. The van der Waals surface area contributed by atoms with Crippen molar-refractivity contribution in [3.8, 4) is 5.75 Å². The molecule has 0 heterocycles. The van der Waals surface area contributed by atoms with Crippen LogP contribution in [0.1, 0.15) is 91.5 Å². The fourth-order valence-corrected chi connectivity index (χ4v) is 3.51. The number of amides is 2. The fourth-order valence-electron chi connectivity index (χ4n) is 3.51. The van der Waals surface area contributed by atoms with Crippen molar-refractivity contribution in [2.45, 2.75) is 71.8 Å². The van der Waals surface area contributed by atoms with E-state index in [-0.39, 0.29) is 5.91 Å². The Morgan fingerprint density at radius 3 is 2.12 bits per heavy atom. The van der Waals surface area contributed by atoms with Crippen molar-refractivity contribution in [2.75, 3.05) is 18.5 Å². The summed E-state index contributed by atoms with van der Waals surface area (Å²) in [5.41, 5.74) is 7.51. The normalized spacial score (nSPS) is 10.7. The number of carbonyl (C=O) groups is 2. The van der Waals surface area contributed by atoms with E-state index in [9.17, 15) is 9.59 Å². The minimum Gasteiger partial charge on any atom is -0.494 e. The second-order valence-corrected chi connectivity index (χ2v) is 8.18. The van der Waals surface area contributed by atoms with Crippen LogP contribution < -0.4 is 15.8 Å². The average molecular weight is 455 g/mol. The van der Waals surface area contributed by atoms with Gasteiger partial charge in [-0.15, -0.1) is 0 Å². The summed E-state index contributed by atoms with van der Waals surface area (Å²) in [6.07, 6.45) is 10.1. The number of primary amides is 1. The molecule has 6 nitrogen and oxygen atoms in total. The van der Waals surface area contributed by atoms with Gasteiger partial charge in [-0.25, -0.2) is 0 Å². The van der Waals surface area contributed by atoms with Crippen molar-refractivity contribution in [3.05, 3.63) is 59.2 Å². The molecule has 0 saturated carbocycles. The maximum Gasteiger partial charge on any atom is 0.255 e. The molecule has 0 radical (unpaired) electrons. The summed E-state index contributed by atoms with van der Waals surface area (Å²) in [5.74, 6) is -0.0716. The first-order chi connectivity index (χ1) is 16.0. The minimum absolute atomic E-state index is 0.274. The average Bonchev–Trinajstić information content (AvgIpc) is 2.82. The van der Waals surface area contributed by atoms with Crippen molar-refractivity contribution in [1.82, 2.24) is 0 Å². The molecule has 0 bridgehead atoms. The molecule has 0 aliphatic rings. The van der Waals surface area contributed by atoms with E-state index in [0.717, 1.165) is 17.7 Å². The highest BCUT2D eigenvalue weighted by molar-refractivity contribution is 6.05. The van der Waals surface area contributed by atoms with Gasteiger partial charge in [0.15, 0.2) is 0 Å². The molecule has 33 heavy (non-hydrogen) atoms. The highest BCUT2D eigenvalue weighted by Gasteiger charge is 2.12. The van der Waals surface area contributed by atoms with Crippen molar-refractivity contribution < 1.29 is 19.1 Å². The SMILES string of the molecule is CCCCCCCCCCOc1ccc(C(=O)Nc2cc(C(N)=O)ccc2COCC)cc1. The topological polar surface area (TPSA) is 90.6 Å². The summed E-state index contributed by atoms with van der Waals surface area (Å²) in [6.45, 7) is 5.69. The number of hydrogen-bond donors (Lipinski definition) is 2. The summed E-state index contributed by atoms with van der Waals surface area (Å²) >= 11 is 0. The van der Waals surface area contributed by atoms with Crippen LogP contribution in [0, 0.1) is 0 Å². The number of anilines is 1. The van der Waals surface area contributed by atoms with Gasteiger partial charge in [-0.05, 0) is 49.7 Å². The summed E-state index contributed by atoms with van der Waals surface area (Å²) in [4.78, 5) is 24.3. The van der Waals surface area contributed by atoms with E-state index >= 15 is 0 Å². The lowest BCUT2D eigenvalue weighted by atomic mass is 10.1. The maximum absolute atomic E-state index is 12.8. The van der Waals surface area contributed by atoms with Gasteiger partial charge >= 0.3 is 0 Å². The predicted molar refractivity (Wildman–Crippen MR) is 133 cm³/mol. The molecule has 0 saturated heterocycles. The Hall–Kier alpha value is -2.86. The fraction of sp³-hybridized carbons (Fsp3) is 0.481. The molecule has 2 aromatic rings. The van der Waals surface area contributed by atoms with Gasteiger partial charge in [-0.2, -0.15) is 0 Å². The van der Waals surface area contributed by atoms with Crippen LogP contribution in [0.25, 0.3) is 0 Å². The molecule has 0 unspecified atom stereocenters. The largest absolute Gasteiger partial charge is 0.494 e. The van der Waals surface area contributed by atoms with E-state index in [4.69, 9.17) is 15.2 Å². The first kappa shape index (κ1) is 26.4. The van der Waals surface area contributed by atoms with E-state index in [1.54, 1.807) is 42.5 Å². The van der Waals surface area contributed by atoms with Gasteiger partial charge in [0.05, 0.1) is 13.2 Å². The lowest BCUT2D eigenvalue weighted by Gasteiger charge is -2.13. The predicted octanol–water partition coefficient (Wildman–Crippen LogP) is 6.09. The first-order valence-electron chi connectivity index (χ1n) is 12.1. The zero-order valence-corrected chi connectivity index (χ0v) is 20.0. The number of nitrogens with two attached hydrogens (primary N) is 1. The monoisotopic (exact) mass is 454 g/mol. The molecule has 2 rings (SSSR count). The smallest absolute Gasteiger partial charge is 0.255 e. The Balaban J connectivity index is 1.84. The molecular weight excluding hydrogens is 416 g/mol. The number of rotatable bonds is 16. The molecule has 3 N–H and O–H groups in total. The number of ether oxygens (including phenoxy) is 2. The highest BCUT2D eigenvalue weighted by atomic mass is 16.5. The molecule has 0 aliphatic carbocycles. The van der Waals surface area contributed by atoms with Crippen LogP contribution in [-0.2, 0) is 11.3 Å². The Morgan fingerprint density at radius 1 is 0.848 bits per heavy atom. The van der Waals surface area contributed by atoms with Gasteiger partial charge < -0.3 is 20.5 Å². The van der Waals surface area contributed by atoms with Gasteiger partial charge in [0.25, 0.3) is 5.91 Å². The molecule has 0 spiro atoms. The third-order valence-electron chi connectivity index (χ3n) is 5.49. The zero-order valence-electron chi connectivity index (χ0n) is 20.0. The molecule has 180 valence electrons. The van der Waals surface area contributed by atoms with Crippen molar-refractivity contribution in [2.24, 2.45) is 5.73 Å². The highest BCUT2D eigenvalue weighted by Crippen LogP contribution is 2.21. The standard InChI is InChI=1S/C27H38N2O4/c1-3-5-6-7-8-9-10-11-18-33-24-16-14-21(15-17-24)27(31)29-25-19-22(26(28)30)12-13-23(25)20-32-4-2/h12-17,19H,3-11,18,20H2,1-2H3,(H2,28,30)(H,29,31). The number of hydrogen-bond acceptors (Lipinski definition) is 4. The lowest BCUT2D eigenvalue weighted by Crippen LogP contribution is -2.16. The van der Waals surface area contributed by atoms with Crippen LogP contribution in [0.15, 0.2) is 42.5 Å². The summed E-state index contributed by atoms with van der Waals surface area (Å²) in [7, 11) is 0. The molecular formula is C27H38N2O4. The van der Waals surface area contributed by atoms with Crippen LogP contribution in [0.5, 0.6) is 5.75 Å². The molecule has 0 fully saturated rings. The Kier molecular flexibility index (Phi) is 12.0. The van der Waals surface area contributed by atoms with Gasteiger partial charge in [-0.3, -0.25) is 9.59 Å². The lowest BCUT2D eigenvalue weighted by molar-refractivity contribution is 0.0995. The molecule has 0 aliphatic heterocycles. The Labute approximate surface area is 197 Å². The summed E-state index contributed by atoms with van der Waals surface area (Å²) < 4.78 is 11.3. The Morgan fingerprint density at radius 2 is 1.48 bits per heavy atom. The molecule has 0 atom stereocenters. The maximum atomic E-state index is 12.8. The van der Waals surface area contributed by atoms with Crippen molar-refractivity contribution >= 4 is 17.5 Å². The summed E-state index contributed by atoms with van der Waals surface area (Å²) in [6, 6.07) is 12.0. The van der Waals surface area contributed by atoms with Crippen LogP contribution in [0.4, 0.5) is 5.69 Å². The van der Waals surface area contributed by atoms with Gasteiger partial charge in [0.2, 0.25) is 5.91 Å². The Bertz CT molecular complexity index is 865. The van der Waals surface area contributed by atoms with E-state index in [2.05, 4.69) is 12.2 Å². The number of unbranched alkanes of at least 4 members (excludes halogenated alkanes) is 7. The number of benzene rings is 2. The molecule has 2 aromatic carbocycles. The van der Waals surface area contributed by atoms with Gasteiger partial charge in [-0.1, -0.05) is 57.9 Å². The third kappa shape index (κ3) is 9.66. The van der Waals surface area contributed by atoms with Crippen LogP contribution >= 0.6 is 0 Å². The van der Waals surface area contributed by atoms with E-state index in [0.29, 0.717) is 36.6 Å². The van der Waals surface area contributed by atoms with Crippen LogP contribution in [-0.4, -0.2) is 25.0 Å². The number of carbonyl (C=O) groups excluding carboxylic acids is 2. The third-order valence-corrected chi connectivity index (χ3v) is 5.49. The zero-order chi connectivity index (χ0) is 23.9. The van der Waals surface area contributed by atoms with Crippen molar-refractivity contribution in [3.63, 3.8) is 0 Å². The van der Waals surface area contributed by atoms with Crippen LogP contribution in [0.2, 0.25) is 0 Å². The second-order valence-electron chi connectivity index (χ2n) is 8.18. The van der Waals surface area contributed by atoms with Gasteiger partial charge in [0.1, 0.15) is 5.75 Å². The van der Waals surface area contributed by atoms with Crippen molar-refractivity contribution in [1.29, 1.82) is 0 Å². The van der Waals surface area contributed by atoms with E-state index in [1.807, 2.05) is 6.92 Å². The first-order valence-corrected chi connectivity index (χ1v) is 12.1. The summed E-state index contributed by atoms with van der Waals surface area (Å²) in [5, 5.41) is 2.87. The molecule has 2 amide bonds. The van der Waals surface area contributed by atoms with E-state index < -0.39 is 5.91 Å². The minimum atomic E-state index is -0.550.